The molecule has 1 rings (SSSR count). The maximum absolute atomic E-state index is 11.7. The Morgan fingerprint density at radius 3 is 2.80 bits per heavy atom. The lowest BCUT2D eigenvalue weighted by Crippen LogP contribution is -2.62. The van der Waals surface area contributed by atoms with Gasteiger partial charge < -0.3 is 10.6 Å². The van der Waals surface area contributed by atoms with Crippen LogP contribution in [0.1, 0.15) is 20.8 Å². The van der Waals surface area contributed by atoms with Gasteiger partial charge in [0.15, 0.2) is 0 Å². The summed E-state index contributed by atoms with van der Waals surface area (Å²) in [6, 6.07) is 0.421. The highest BCUT2D eigenvalue weighted by Crippen LogP contribution is 2.13. The van der Waals surface area contributed by atoms with Crippen molar-refractivity contribution >= 4 is 5.91 Å². The van der Waals surface area contributed by atoms with E-state index in [2.05, 4.69) is 36.3 Å². The summed E-state index contributed by atoms with van der Waals surface area (Å²) in [7, 11) is 1.89. The van der Waals surface area contributed by atoms with Gasteiger partial charge in [0.1, 0.15) is 6.04 Å². The maximum Gasteiger partial charge on any atom is 0.238 e. The number of carbonyl (C=O) groups is 1. The molecular formula is C11H23N3O. The quantitative estimate of drug-likeness (QED) is 0.693. The van der Waals surface area contributed by atoms with Gasteiger partial charge >= 0.3 is 0 Å². The molecule has 0 aliphatic carbocycles. The lowest BCUT2D eigenvalue weighted by atomic mass is 10.0. The van der Waals surface area contributed by atoms with Gasteiger partial charge in [0.25, 0.3) is 0 Å². The first kappa shape index (κ1) is 12.5. The number of nitrogens with zero attached hydrogens (tertiary/aromatic N) is 1. The van der Waals surface area contributed by atoms with Crippen LogP contribution in [0.3, 0.4) is 0 Å². The van der Waals surface area contributed by atoms with Crippen molar-refractivity contribution in [1.82, 2.24) is 15.5 Å². The highest BCUT2D eigenvalue weighted by Gasteiger charge is 2.33. The van der Waals surface area contributed by atoms with Crippen LogP contribution in [0.2, 0.25) is 0 Å². The fourth-order valence-electron chi connectivity index (χ4n) is 2.07. The first-order valence-corrected chi connectivity index (χ1v) is 5.74. The van der Waals surface area contributed by atoms with Crippen LogP contribution in [-0.2, 0) is 4.79 Å². The molecule has 1 heterocycles. The zero-order valence-electron chi connectivity index (χ0n) is 10.2. The van der Waals surface area contributed by atoms with Gasteiger partial charge in [-0.3, -0.25) is 9.69 Å². The number of hydrogen-bond acceptors (Lipinski definition) is 3. The highest BCUT2D eigenvalue weighted by molar-refractivity contribution is 5.82. The molecule has 0 saturated carbocycles. The maximum atomic E-state index is 11.7. The van der Waals surface area contributed by atoms with E-state index in [1.54, 1.807) is 0 Å². The van der Waals surface area contributed by atoms with E-state index in [1.165, 1.54) is 0 Å². The van der Waals surface area contributed by atoms with Crippen molar-refractivity contribution in [2.24, 2.45) is 5.92 Å². The molecule has 0 bridgehead atoms. The summed E-state index contributed by atoms with van der Waals surface area (Å²) < 4.78 is 0. The normalized spacial score (nSPS) is 28.2. The predicted octanol–water partition coefficient (Wildman–Crippen LogP) is 0.0507. The van der Waals surface area contributed by atoms with E-state index >= 15 is 0 Å². The van der Waals surface area contributed by atoms with E-state index in [4.69, 9.17) is 0 Å². The Balaban J connectivity index is 2.68. The number of likely N-dealkylation sites (N-methyl/N-ethyl adjacent to an activating group) is 1. The van der Waals surface area contributed by atoms with Crippen LogP contribution in [0, 0.1) is 5.92 Å². The molecule has 4 heteroatoms. The molecule has 0 aromatic rings. The van der Waals surface area contributed by atoms with Crippen LogP contribution in [0.5, 0.6) is 0 Å². The van der Waals surface area contributed by atoms with Crippen molar-refractivity contribution in [3.63, 3.8) is 0 Å². The number of piperazine rings is 1. The second-order valence-electron chi connectivity index (χ2n) is 4.76. The van der Waals surface area contributed by atoms with Crippen LogP contribution >= 0.6 is 0 Å². The third-order valence-corrected chi connectivity index (χ3v) is 2.81. The van der Waals surface area contributed by atoms with Crippen molar-refractivity contribution in [3.8, 4) is 0 Å². The Morgan fingerprint density at radius 2 is 2.27 bits per heavy atom. The molecule has 1 aliphatic rings. The molecule has 0 aromatic heterocycles. The molecule has 0 radical (unpaired) electrons. The molecule has 4 nitrogen and oxygen atoms in total. The Labute approximate surface area is 92.4 Å². The number of carbonyl (C=O) groups excluding carboxylic acids is 1. The molecule has 15 heavy (non-hydrogen) atoms. The van der Waals surface area contributed by atoms with E-state index < -0.39 is 0 Å². The summed E-state index contributed by atoms with van der Waals surface area (Å²) in [4.78, 5) is 14.0. The minimum absolute atomic E-state index is 0.0128. The van der Waals surface area contributed by atoms with Gasteiger partial charge in [-0.15, -0.1) is 0 Å². The van der Waals surface area contributed by atoms with Crippen LogP contribution in [-0.4, -0.2) is 49.6 Å². The number of rotatable bonds is 4. The SMILES string of the molecule is CNCC1C(=O)NCC(C)N1CC(C)C. The van der Waals surface area contributed by atoms with Crippen LogP contribution in [0.4, 0.5) is 0 Å². The monoisotopic (exact) mass is 213 g/mol. The molecule has 1 aliphatic heterocycles. The summed E-state index contributed by atoms with van der Waals surface area (Å²) >= 11 is 0. The zero-order valence-corrected chi connectivity index (χ0v) is 10.2. The van der Waals surface area contributed by atoms with Crippen molar-refractivity contribution < 1.29 is 4.79 Å². The molecule has 2 atom stereocenters. The Morgan fingerprint density at radius 1 is 1.60 bits per heavy atom. The fourth-order valence-corrected chi connectivity index (χ4v) is 2.07. The number of hydrogen-bond donors (Lipinski definition) is 2. The van der Waals surface area contributed by atoms with Gasteiger partial charge in [-0.05, 0) is 19.9 Å². The van der Waals surface area contributed by atoms with Crippen molar-refractivity contribution in [3.05, 3.63) is 0 Å². The van der Waals surface area contributed by atoms with Crippen LogP contribution < -0.4 is 10.6 Å². The minimum atomic E-state index is -0.0128. The molecule has 2 N–H and O–H groups in total. The molecule has 88 valence electrons. The van der Waals surface area contributed by atoms with Crippen molar-refractivity contribution in [2.75, 3.05) is 26.7 Å². The largest absolute Gasteiger partial charge is 0.353 e. The second-order valence-corrected chi connectivity index (χ2v) is 4.76. The molecule has 1 amide bonds. The Kier molecular flexibility index (Phi) is 4.54. The third kappa shape index (κ3) is 3.18. The number of amides is 1. The summed E-state index contributed by atoms with van der Waals surface area (Å²) in [5.41, 5.74) is 0. The smallest absolute Gasteiger partial charge is 0.238 e. The summed E-state index contributed by atoms with van der Waals surface area (Å²) in [6.45, 7) is 9.03. The van der Waals surface area contributed by atoms with Crippen LogP contribution in [0.25, 0.3) is 0 Å². The lowest BCUT2D eigenvalue weighted by Gasteiger charge is -2.40. The lowest BCUT2D eigenvalue weighted by molar-refractivity contribution is -0.130. The Hall–Kier alpha value is -0.610. The molecular weight excluding hydrogens is 190 g/mol. The van der Waals surface area contributed by atoms with E-state index in [0.29, 0.717) is 12.0 Å². The third-order valence-electron chi connectivity index (χ3n) is 2.81. The number of nitrogens with one attached hydrogen (secondary N) is 2. The van der Waals surface area contributed by atoms with Gasteiger partial charge in [-0.1, -0.05) is 13.8 Å². The van der Waals surface area contributed by atoms with E-state index in [-0.39, 0.29) is 11.9 Å². The van der Waals surface area contributed by atoms with E-state index in [9.17, 15) is 4.79 Å². The first-order valence-electron chi connectivity index (χ1n) is 5.74. The van der Waals surface area contributed by atoms with Gasteiger partial charge in [0, 0.05) is 25.7 Å². The van der Waals surface area contributed by atoms with Crippen molar-refractivity contribution in [2.45, 2.75) is 32.9 Å². The Bertz CT molecular complexity index is 218. The van der Waals surface area contributed by atoms with Gasteiger partial charge in [0.2, 0.25) is 5.91 Å². The van der Waals surface area contributed by atoms with Gasteiger partial charge in [0.05, 0.1) is 0 Å². The standard InChI is InChI=1S/C11H23N3O/c1-8(2)7-14-9(3)5-13-11(15)10(14)6-12-4/h8-10,12H,5-7H2,1-4H3,(H,13,15). The minimum Gasteiger partial charge on any atom is -0.353 e. The van der Waals surface area contributed by atoms with E-state index in [1.807, 2.05) is 7.05 Å². The van der Waals surface area contributed by atoms with Crippen LogP contribution in [0.15, 0.2) is 0 Å². The molecule has 0 spiro atoms. The highest BCUT2D eigenvalue weighted by atomic mass is 16.2. The molecule has 1 saturated heterocycles. The average molecular weight is 213 g/mol. The molecule has 0 aromatic carbocycles. The van der Waals surface area contributed by atoms with Crippen molar-refractivity contribution in [1.29, 1.82) is 0 Å². The summed E-state index contributed by atoms with van der Waals surface area (Å²) in [5, 5.41) is 6.04. The topological polar surface area (TPSA) is 44.4 Å². The first-order chi connectivity index (χ1) is 7.06. The van der Waals surface area contributed by atoms with Gasteiger partial charge in [-0.25, -0.2) is 0 Å². The molecule has 1 fully saturated rings. The zero-order chi connectivity index (χ0) is 11.4. The average Bonchev–Trinajstić information content (AvgIpc) is 2.17. The summed E-state index contributed by atoms with van der Waals surface area (Å²) in [5.74, 6) is 0.751. The fraction of sp³-hybridized carbons (Fsp3) is 0.909. The summed E-state index contributed by atoms with van der Waals surface area (Å²) in [6.07, 6.45) is 0. The van der Waals surface area contributed by atoms with E-state index in [0.717, 1.165) is 19.6 Å². The predicted molar refractivity (Wildman–Crippen MR) is 61.7 cm³/mol. The second kappa shape index (κ2) is 5.47. The molecule has 2 unspecified atom stereocenters. The van der Waals surface area contributed by atoms with Gasteiger partial charge in [-0.2, -0.15) is 0 Å².